The topological polar surface area (TPSA) is 45.1 Å². The summed E-state index contributed by atoms with van der Waals surface area (Å²) >= 11 is 0. The molecule has 2 saturated heterocycles. The maximum atomic E-state index is 13.4. The smallest absolute Gasteiger partial charge is 0.257 e. The summed E-state index contributed by atoms with van der Waals surface area (Å²) in [5.74, 6) is -0.431. The second-order valence-electron chi connectivity index (χ2n) is 8.39. The van der Waals surface area contributed by atoms with Crippen LogP contribution in [-0.2, 0) is 9.63 Å². The van der Waals surface area contributed by atoms with Crippen molar-refractivity contribution in [3.8, 4) is 0 Å². The fourth-order valence-corrected chi connectivity index (χ4v) is 4.35. The van der Waals surface area contributed by atoms with Crippen LogP contribution in [0.2, 0.25) is 0 Å². The Morgan fingerprint density at radius 1 is 1.09 bits per heavy atom. The summed E-state index contributed by atoms with van der Waals surface area (Å²) in [5.41, 5.74) is 2.98. The highest BCUT2D eigenvalue weighted by Gasteiger charge is 2.43. The predicted octanol–water partition coefficient (Wildman–Crippen LogP) is 5.11. The molecule has 0 N–H and O–H groups in total. The Balaban J connectivity index is 1.41. The van der Waals surface area contributed by atoms with Crippen LogP contribution in [0, 0.1) is 5.82 Å². The molecule has 2 aromatic rings. The number of carbonyl (C=O) groups is 1. The van der Waals surface area contributed by atoms with Gasteiger partial charge in [-0.2, -0.15) is 0 Å². The first-order chi connectivity index (χ1) is 15.6. The van der Waals surface area contributed by atoms with Gasteiger partial charge in [-0.15, -0.1) is 0 Å². The van der Waals surface area contributed by atoms with Gasteiger partial charge in [0.25, 0.3) is 5.91 Å². The summed E-state index contributed by atoms with van der Waals surface area (Å²) in [6.45, 7) is 5.81. The average Bonchev–Trinajstić information content (AvgIpc) is 2.83. The third-order valence-corrected chi connectivity index (χ3v) is 5.97. The van der Waals surface area contributed by atoms with Gasteiger partial charge in [-0.3, -0.25) is 9.69 Å². The number of nitrogens with zero attached hydrogens (tertiary/aromatic N) is 3. The second kappa shape index (κ2) is 10.6. The number of piperidine rings is 1. The molecule has 4 rings (SSSR count). The number of oxime groups is 1. The Labute approximate surface area is 189 Å². The van der Waals surface area contributed by atoms with Gasteiger partial charge in [0.2, 0.25) is 0 Å². The first-order valence-corrected chi connectivity index (χ1v) is 11.4. The summed E-state index contributed by atoms with van der Waals surface area (Å²) in [6, 6.07) is 15.6. The fourth-order valence-electron chi connectivity index (χ4n) is 4.35. The maximum Gasteiger partial charge on any atom is 0.257 e. The third kappa shape index (κ3) is 5.25. The molecule has 1 unspecified atom stereocenters. The van der Waals surface area contributed by atoms with Gasteiger partial charge < -0.3 is 9.74 Å². The highest BCUT2D eigenvalue weighted by atomic mass is 19.1. The highest BCUT2D eigenvalue weighted by Crippen LogP contribution is 2.43. The van der Waals surface area contributed by atoms with E-state index in [0.717, 1.165) is 18.5 Å². The van der Waals surface area contributed by atoms with E-state index in [1.807, 2.05) is 37.3 Å². The van der Waals surface area contributed by atoms with Crippen molar-refractivity contribution in [3.63, 3.8) is 0 Å². The van der Waals surface area contributed by atoms with E-state index in [0.29, 0.717) is 23.6 Å². The van der Waals surface area contributed by atoms with Crippen LogP contribution in [0.25, 0.3) is 0 Å². The van der Waals surface area contributed by atoms with Gasteiger partial charge in [-0.05, 0) is 75.2 Å². The number of benzene rings is 2. The third-order valence-electron chi connectivity index (χ3n) is 5.97. The highest BCUT2D eigenvalue weighted by molar-refractivity contribution is 6.18. The number of hydrogen-bond donors (Lipinski definition) is 0. The van der Waals surface area contributed by atoms with Crippen molar-refractivity contribution in [2.24, 2.45) is 5.16 Å². The Hall–Kier alpha value is -2.99. The SMILES string of the molecule is CC(C=C1C(=O)N(c2ccc(F)cc2)C1c1ccccc1)=NOCCCN1CCCCC1. The monoisotopic (exact) mass is 435 g/mol. The molecule has 2 aromatic carbocycles. The molecule has 168 valence electrons. The van der Waals surface area contributed by atoms with E-state index in [1.165, 1.54) is 44.5 Å². The zero-order chi connectivity index (χ0) is 22.3. The van der Waals surface area contributed by atoms with E-state index in [1.54, 1.807) is 23.1 Å². The van der Waals surface area contributed by atoms with E-state index in [9.17, 15) is 9.18 Å². The molecule has 32 heavy (non-hydrogen) atoms. The van der Waals surface area contributed by atoms with Crippen LogP contribution in [0.1, 0.15) is 44.2 Å². The fraction of sp³-hybridized carbons (Fsp3) is 0.385. The first kappa shape index (κ1) is 22.2. The Bertz CT molecular complexity index is 966. The number of allylic oxidation sites excluding steroid dienone is 1. The standard InChI is InChI=1S/C26H30FN3O2/c1-20(28-32-18-8-17-29-15-6-3-7-16-29)19-24-25(21-9-4-2-5-10-21)30(26(24)31)23-13-11-22(27)12-14-23/h2,4-5,9-14,19,25H,3,6-8,15-18H2,1H3. The minimum absolute atomic E-state index is 0.106. The van der Waals surface area contributed by atoms with Crippen molar-refractivity contribution in [1.82, 2.24) is 4.90 Å². The van der Waals surface area contributed by atoms with E-state index in [4.69, 9.17) is 4.84 Å². The second-order valence-corrected chi connectivity index (χ2v) is 8.39. The van der Waals surface area contributed by atoms with Crippen LogP contribution >= 0.6 is 0 Å². The molecular weight excluding hydrogens is 405 g/mol. The van der Waals surface area contributed by atoms with Crippen LogP contribution in [0.5, 0.6) is 0 Å². The van der Waals surface area contributed by atoms with Crippen LogP contribution in [0.3, 0.4) is 0 Å². The predicted molar refractivity (Wildman–Crippen MR) is 125 cm³/mol. The molecule has 0 saturated carbocycles. The lowest BCUT2D eigenvalue weighted by Gasteiger charge is -2.43. The molecule has 1 amide bonds. The number of β-lactam (4-membered cyclic amide) rings is 1. The normalized spacial score (nSPS) is 21.0. The number of rotatable bonds is 8. The van der Waals surface area contributed by atoms with Crippen molar-refractivity contribution >= 4 is 17.3 Å². The number of carbonyl (C=O) groups excluding carboxylic acids is 1. The van der Waals surface area contributed by atoms with Crippen molar-refractivity contribution in [2.45, 2.75) is 38.6 Å². The molecule has 0 aliphatic carbocycles. The van der Waals surface area contributed by atoms with E-state index >= 15 is 0 Å². The Morgan fingerprint density at radius 2 is 1.81 bits per heavy atom. The summed E-state index contributed by atoms with van der Waals surface area (Å²) in [7, 11) is 0. The van der Waals surface area contributed by atoms with Crippen molar-refractivity contribution in [1.29, 1.82) is 0 Å². The van der Waals surface area contributed by atoms with Crippen molar-refractivity contribution in [2.75, 3.05) is 31.1 Å². The van der Waals surface area contributed by atoms with Crippen LogP contribution in [0.4, 0.5) is 10.1 Å². The summed E-state index contributed by atoms with van der Waals surface area (Å²) in [4.78, 5) is 22.7. The van der Waals surface area contributed by atoms with E-state index in [-0.39, 0.29) is 17.8 Å². The van der Waals surface area contributed by atoms with Gasteiger partial charge >= 0.3 is 0 Å². The molecular formula is C26H30FN3O2. The van der Waals surface area contributed by atoms with Gasteiger partial charge in [0.05, 0.1) is 11.8 Å². The van der Waals surface area contributed by atoms with Gasteiger partial charge in [-0.1, -0.05) is 41.9 Å². The molecule has 0 bridgehead atoms. The van der Waals surface area contributed by atoms with Gasteiger partial charge in [-0.25, -0.2) is 4.39 Å². The molecule has 2 aliphatic rings. The lowest BCUT2D eigenvalue weighted by Crippen LogP contribution is -2.49. The number of halogens is 1. The Morgan fingerprint density at radius 3 is 2.53 bits per heavy atom. The number of amides is 1. The van der Waals surface area contributed by atoms with Gasteiger partial charge in [0.15, 0.2) is 0 Å². The molecule has 0 radical (unpaired) electrons. The first-order valence-electron chi connectivity index (χ1n) is 11.4. The zero-order valence-corrected chi connectivity index (χ0v) is 18.5. The summed E-state index contributed by atoms with van der Waals surface area (Å²) in [5, 5.41) is 4.20. The van der Waals surface area contributed by atoms with Gasteiger partial charge in [0, 0.05) is 17.8 Å². The molecule has 0 aromatic heterocycles. The van der Waals surface area contributed by atoms with Crippen LogP contribution in [0.15, 0.2) is 71.4 Å². The largest absolute Gasteiger partial charge is 0.396 e. The van der Waals surface area contributed by atoms with Crippen molar-refractivity contribution in [3.05, 3.63) is 77.6 Å². The Kier molecular flexibility index (Phi) is 7.32. The number of hydrogen-bond acceptors (Lipinski definition) is 4. The molecule has 2 aliphatic heterocycles. The number of likely N-dealkylation sites (tertiary alicyclic amines) is 1. The van der Waals surface area contributed by atoms with Crippen LogP contribution in [-0.4, -0.2) is 42.8 Å². The molecule has 0 spiro atoms. The maximum absolute atomic E-state index is 13.4. The van der Waals surface area contributed by atoms with Crippen molar-refractivity contribution < 1.29 is 14.0 Å². The molecule has 1 atom stereocenters. The molecule has 2 heterocycles. The van der Waals surface area contributed by atoms with E-state index < -0.39 is 0 Å². The minimum atomic E-state index is -0.325. The van der Waals surface area contributed by atoms with Gasteiger partial charge in [0.1, 0.15) is 12.4 Å². The molecule has 2 fully saturated rings. The molecule has 5 nitrogen and oxygen atoms in total. The lowest BCUT2D eigenvalue weighted by atomic mass is 9.86. The molecule has 6 heteroatoms. The van der Waals surface area contributed by atoms with E-state index in [2.05, 4.69) is 10.1 Å². The number of anilines is 1. The average molecular weight is 436 g/mol. The summed E-state index contributed by atoms with van der Waals surface area (Å²) in [6.07, 6.45) is 6.66. The lowest BCUT2D eigenvalue weighted by molar-refractivity contribution is -0.119. The summed E-state index contributed by atoms with van der Waals surface area (Å²) < 4.78 is 13.4. The van der Waals surface area contributed by atoms with Crippen LogP contribution < -0.4 is 4.90 Å². The minimum Gasteiger partial charge on any atom is -0.396 e. The zero-order valence-electron chi connectivity index (χ0n) is 18.5. The quantitative estimate of drug-likeness (QED) is 0.190.